The molecular formula is C18H30N2. The van der Waals surface area contributed by atoms with Crippen LogP contribution in [-0.2, 0) is 13.0 Å². The zero-order valence-corrected chi connectivity index (χ0v) is 13.6. The van der Waals surface area contributed by atoms with Gasteiger partial charge in [0.2, 0.25) is 0 Å². The van der Waals surface area contributed by atoms with Crippen LogP contribution in [0.25, 0.3) is 0 Å². The van der Waals surface area contributed by atoms with E-state index in [0.717, 1.165) is 13.1 Å². The first-order valence-corrected chi connectivity index (χ1v) is 8.05. The van der Waals surface area contributed by atoms with Gasteiger partial charge >= 0.3 is 0 Å². The second kappa shape index (κ2) is 6.73. The molecule has 1 aromatic rings. The zero-order chi connectivity index (χ0) is 14.6. The predicted octanol–water partition coefficient (Wildman–Crippen LogP) is 3.60. The van der Waals surface area contributed by atoms with E-state index in [1.54, 1.807) is 5.56 Å². The summed E-state index contributed by atoms with van der Waals surface area (Å²) in [6, 6.07) is 9.59. The van der Waals surface area contributed by atoms with Crippen LogP contribution in [0.15, 0.2) is 24.3 Å². The van der Waals surface area contributed by atoms with E-state index in [-0.39, 0.29) is 5.54 Å². The first-order chi connectivity index (χ1) is 9.49. The van der Waals surface area contributed by atoms with Crippen molar-refractivity contribution < 1.29 is 0 Å². The van der Waals surface area contributed by atoms with Gasteiger partial charge in [0.15, 0.2) is 0 Å². The van der Waals surface area contributed by atoms with Crippen LogP contribution >= 0.6 is 0 Å². The standard InChI is InChI=1S/C18H30N2/c1-5-17(13-19-18(2,3)4)20-12-8-11-15-9-6-7-10-16(15)14-20/h6-7,9-10,17,19H,5,8,11-14H2,1-4H3. The Morgan fingerprint density at radius 1 is 1.20 bits per heavy atom. The van der Waals surface area contributed by atoms with Crippen molar-refractivity contribution >= 4 is 0 Å². The Balaban J connectivity index is 2.03. The third-order valence-electron chi connectivity index (χ3n) is 4.24. The molecule has 1 atom stereocenters. The van der Waals surface area contributed by atoms with Crippen LogP contribution < -0.4 is 5.32 Å². The van der Waals surface area contributed by atoms with Crippen LogP contribution in [0.2, 0.25) is 0 Å². The van der Waals surface area contributed by atoms with Gasteiger partial charge in [0.1, 0.15) is 0 Å². The highest BCUT2D eigenvalue weighted by molar-refractivity contribution is 5.28. The van der Waals surface area contributed by atoms with E-state index >= 15 is 0 Å². The minimum Gasteiger partial charge on any atom is -0.311 e. The summed E-state index contributed by atoms with van der Waals surface area (Å²) in [6.45, 7) is 12.5. The number of hydrogen-bond donors (Lipinski definition) is 1. The van der Waals surface area contributed by atoms with Crippen molar-refractivity contribution in [2.45, 2.75) is 65.1 Å². The molecule has 2 heteroatoms. The molecular weight excluding hydrogens is 244 g/mol. The highest BCUT2D eigenvalue weighted by Gasteiger charge is 2.22. The largest absolute Gasteiger partial charge is 0.311 e. The van der Waals surface area contributed by atoms with Crippen LogP contribution in [-0.4, -0.2) is 29.6 Å². The molecule has 0 fully saturated rings. The lowest BCUT2D eigenvalue weighted by Crippen LogP contribution is -2.47. The fourth-order valence-electron chi connectivity index (χ4n) is 2.99. The molecule has 20 heavy (non-hydrogen) atoms. The van der Waals surface area contributed by atoms with E-state index in [1.807, 2.05) is 0 Å². The van der Waals surface area contributed by atoms with E-state index in [1.165, 1.54) is 31.4 Å². The zero-order valence-electron chi connectivity index (χ0n) is 13.6. The number of nitrogens with zero attached hydrogens (tertiary/aromatic N) is 1. The Labute approximate surface area is 124 Å². The number of benzene rings is 1. The second-order valence-electron chi connectivity index (χ2n) is 7.04. The molecule has 1 aromatic carbocycles. The first kappa shape index (κ1) is 15.5. The molecule has 1 aliphatic rings. The minimum absolute atomic E-state index is 0.206. The van der Waals surface area contributed by atoms with Crippen molar-refractivity contribution in [3.8, 4) is 0 Å². The summed E-state index contributed by atoms with van der Waals surface area (Å²) in [6.07, 6.45) is 3.73. The summed E-state index contributed by atoms with van der Waals surface area (Å²) in [4.78, 5) is 2.67. The van der Waals surface area contributed by atoms with Gasteiger partial charge in [0, 0.05) is 24.7 Å². The summed E-state index contributed by atoms with van der Waals surface area (Å²) < 4.78 is 0. The molecule has 0 radical (unpaired) electrons. The summed E-state index contributed by atoms with van der Waals surface area (Å²) in [7, 11) is 0. The summed E-state index contributed by atoms with van der Waals surface area (Å²) in [5, 5.41) is 3.67. The molecule has 1 N–H and O–H groups in total. The van der Waals surface area contributed by atoms with E-state index in [4.69, 9.17) is 0 Å². The molecule has 1 aliphatic heterocycles. The van der Waals surface area contributed by atoms with E-state index in [2.05, 4.69) is 62.2 Å². The molecule has 1 unspecified atom stereocenters. The van der Waals surface area contributed by atoms with Crippen molar-refractivity contribution in [2.24, 2.45) is 0 Å². The van der Waals surface area contributed by atoms with Gasteiger partial charge in [-0.2, -0.15) is 0 Å². The Hall–Kier alpha value is -0.860. The molecule has 2 nitrogen and oxygen atoms in total. The molecule has 112 valence electrons. The quantitative estimate of drug-likeness (QED) is 0.902. The molecule has 2 rings (SSSR count). The SMILES string of the molecule is CCC(CNC(C)(C)C)N1CCCc2ccccc2C1. The molecule has 0 saturated heterocycles. The Kier molecular flexibility index (Phi) is 5.22. The van der Waals surface area contributed by atoms with Crippen molar-refractivity contribution in [2.75, 3.05) is 13.1 Å². The van der Waals surface area contributed by atoms with Gasteiger partial charge in [0.25, 0.3) is 0 Å². The maximum absolute atomic E-state index is 3.67. The van der Waals surface area contributed by atoms with E-state index in [0.29, 0.717) is 6.04 Å². The lowest BCUT2D eigenvalue weighted by Gasteiger charge is -2.33. The smallest absolute Gasteiger partial charge is 0.0239 e. The fourth-order valence-corrected chi connectivity index (χ4v) is 2.99. The van der Waals surface area contributed by atoms with Crippen LogP contribution in [0, 0.1) is 0 Å². The van der Waals surface area contributed by atoms with Crippen molar-refractivity contribution in [1.29, 1.82) is 0 Å². The van der Waals surface area contributed by atoms with E-state index in [9.17, 15) is 0 Å². The first-order valence-electron chi connectivity index (χ1n) is 8.05. The topological polar surface area (TPSA) is 15.3 Å². The maximum Gasteiger partial charge on any atom is 0.0239 e. The van der Waals surface area contributed by atoms with Gasteiger partial charge in [-0.15, -0.1) is 0 Å². The van der Waals surface area contributed by atoms with Gasteiger partial charge in [-0.1, -0.05) is 31.2 Å². The second-order valence-corrected chi connectivity index (χ2v) is 7.04. The van der Waals surface area contributed by atoms with Gasteiger partial charge in [-0.25, -0.2) is 0 Å². The Bertz CT molecular complexity index is 420. The molecule has 0 bridgehead atoms. The Morgan fingerprint density at radius 3 is 2.55 bits per heavy atom. The van der Waals surface area contributed by atoms with Crippen LogP contribution in [0.1, 0.15) is 51.7 Å². The average Bonchev–Trinajstić information content (AvgIpc) is 2.60. The van der Waals surface area contributed by atoms with Crippen molar-refractivity contribution in [1.82, 2.24) is 10.2 Å². The number of rotatable bonds is 4. The molecule has 0 amide bonds. The highest BCUT2D eigenvalue weighted by Crippen LogP contribution is 2.21. The lowest BCUT2D eigenvalue weighted by atomic mass is 10.0. The summed E-state index contributed by atoms with van der Waals surface area (Å²) >= 11 is 0. The third-order valence-corrected chi connectivity index (χ3v) is 4.24. The maximum atomic E-state index is 3.67. The van der Waals surface area contributed by atoms with Crippen LogP contribution in [0.5, 0.6) is 0 Å². The van der Waals surface area contributed by atoms with E-state index < -0.39 is 0 Å². The molecule has 0 spiro atoms. The molecule has 0 aliphatic carbocycles. The lowest BCUT2D eigenvalue weighted by molar-refractivity contribution is 0.172. The molecule has 1 heterocycles. The van der Waals surface area contributed by atoms with Gasteiger partial charge in [-0.05, 0) is 57.7 Å². The number of nitrogens with one attached hydrogen (secondary N) is 1. The van der Waals surface area contributed by atoms with Crippen molar-refractivity contribution in [3.63, 3.8) is 0 Å². The summed E-state index contributed by atoms with van der Waals surface area (Å²) in [5.74, 6) is 0. The van der Waals surface area contributed by atoms with Crippen LogP contribution in [0.4, 0.5) is 0 Å². The predicted molar refractivity (Wildman–Crippen MR) is 87.0 cm³/mol. The van der Waals surface area contributed by atoms with Gasteiger partial charge < -0.3 is 5.32 Å². The average molecular weight is 274 g/mol. The monoisotopic (exact) mass is 274 g/mol. The summed E-state index contributed by atoms with van der Waals surface area (Å²) in [5.41, 5.74) is 3.28. The normalized spacial score (nSPS) is 18.4. The minimum atomic E-state index is 0.206. The molecule has 0 saturated carbocycles. The van der Waals surface area contributed by atoms with Crippen molar-refractivity contribution in [3.05, 3.63) is 35.4 Å². The number of hydrogen-bond acceptors (Lipinski definition) is 2. The van der Waals surface area contributed by atoms with Gasteiger partial charge in [0.05, 0.1) is 0 Å². The number of aryl methyl sites for hydroxylation is 1. The number of fused-ring (bicyclic) bond motifs is 1. The fraction of sp³-hybridized carbons (Fsp3) is 0.667. The molecule has 0 aromatic heterocycles. The van der Waals surface area contributed by atoms with Crippen LogP contribution in [0.3, 0.4) is 0 Å². The highest BCUT2D eigenvalue weighted by atomic mass is 15.2. The Morgan fingerprint density at radius 2 is 1.90 bits per heavy atom. The third kappa shape index (κ3) is 4.32. The van der Waals surface area contributed by atoms with Gasteiger partial charge in [-0.3, -0.25) is 4.90 Å².